The van der Waals surface area contributed by atoms with Crippen LogP contribution in [-0.2, 0) is 0 Å². The quantitative estimate of drug-likeness (QED) is 0.404. The number of hydrogen-bond acceptors (Lipinski definition) is 2. The van der Waals surface area contributed by atoms with Crippen LogP contribution in [0.5, 0.6) is 5.75 Å². The Labute approximate surface area is 185 Å². The number of ether oxygens (including phenoxy) is 1. The van der Waals surface area contributed by atoms with Crippen molar-refractivity contribution in [1.29, 1.82) is 0 Å². The second-order valence-corrected chi connectivity index (χ2v) is 11.6. The molecule has 0 aromatic heterocycles. The fourth-order valence-electron chi connectivity index (χ4n) is 4.78. The number of methoxy groups -OCH3 is 1. The van der Waals surface area contributed by atoms with E-state index in [1.807, 2.05) is 0 Å². The summed E-state index contributed by atoms with van der Waals surface area (Å²) in [6, 6.07) is 37.5. The topological polar surface area (TPSA) is 12.5 Å². The third-order valence-corrected chi connectivity index (χ3v) is 10.7. The lowest BCUT2D eigenvalue weighted by atomic mass is 10.2. The van der Waals surface area contributed by atoms with Gasteiger partial charge in [0, 0.05) is 5.69 Å². The van der Waals surface area contributed by atoms with Crippen molar-refractivity contribution in [2.45, 2.75) is 6.92 Å². The molecule has 0 saturated carbocycles. The molecule has 154 valence electrons. The molecule has 0 fully saturated rings. The van der Waals surface area contributed by atoms with E-state index in [-0.39, 0.29) is 0 Å². The van der Waals surface area contributed by atoms with Gasteiger partial charge in [0.15, 0.2) is 11.1 Å². The van der Waals surface area contributed by atoms with Crippen LogP contribution in [0.25, 0.3) is 0 Å². The number of fused-ring (bicyclic) bond motifs is 1. The van der Waals surface area contributed by atoms with Crippen LogP contribution >= 0.6 is 7.26 Å². The molecule has 31 heavy (non-hydrogen) atoms. The van der Waals surface area contributed by atoms with E-state index in [2.05, 4.69) is 115 Å². The molecule has 0 saturated heterocycles. The summed E-state index contributed by atoms with van der Waals surface area (Å²) >= 11 is 0. The SMILES string of the molecule is COc1cccc2c1[P+](c1ccccc1)(c1ccccc1)CCN2c1ccc(C)cc1. The van der Waals surface area contributed by atoms with E-state index >= 15 is 0 Å². The summed E-state index contributed by atoms with van der Waals surface area (Å²) in [5.41, 5.74) is 3.77. The summed E-state index contributed by atoms with van der Waals surface area (Å²) in [6.45, 7) is 3.11. The molecule has 1 aliphatic rings. The number of hydrogen-bond donors (Lipinski definition) is 0. The maximum Gasteiger partial charge on any atom is 0.169 e. The summed E-state index contributed by atoms with van der Waals surface area (Å²) in [6.07, 6.45) is 1.07. The Morgan fingerprint density at radius 1 is 0.710 bits per heavy atom. The van der Waals surface area contributed by atoms with Crippen molar-refractivity contribution in [1.82, 2.24) is 0 Å². The summed E-state index contributed by atoms with van der Waals surface area (Å²) in [5, 5.41) is 4.17. The highest BCUT2D eigenvalue weighted by atomic mass is 31.2. The Kier molecular flexibility index (Phi) is 5.26. The van der Waals surface area contributed by atoms with Crippen molar-refractivity contribution in [3.8, 4) is 5.75 Å². The molecule has 0 N–H and O–H groups in total. The van der Waals surface area contributed by atoms with Gasteiger partial charge in [0.2, 0.25) is 0 Å². The molecule has 1 aliphatic heterocycles. The van der Waals surface area contributed by atoms with E-state index in [0.717, 1.165) is 18.5 Å². The third kappa shape index (κ3) is 3.32. The van der Waals surface area contributed by atoms with Crippen LogP contribution < -0.4 is 25.6 Å². The van der Waals surface area contributed by atoms with Gasteiger partial charge in [-0.25, -0.2) is 0 Å². The molecule has 0 aliphatic carbocycles. The number of anilines is 2. The van der Waals surface area contributed by atoms with E-state index < -0.39 is 7.26 Å². The Bertz CT molecular complexity index is 1130. The standard InChI is InChI=1S/C28H27NOP/c1-22-16-18-23(19-17-22)29-20-21-31(24-10-5-3-6-11-24,25-12-7-4-8-13-25)28-26(29)14-9-15-27(28)30-2/h3-19H,20-21H2,1-2H3/q+1. The number of benzene rings is 4. The van der Waals surface area contributed by atoms with Crippen molar-refractivity contribution < 1.29 is 4.74 Å². The second-order valence-electron chi connectivity index (χ2n) is 8.02. The summed E-state index contributed by atoms with van der Waals surface area (Å²) in [7, 11) is -0.0764. The predicted octanol–water partition coefficient (Wildman–Crippen LogP) is 5.45. The van der Waals surface area contributed by atoms with Crippen molar-refractivity contribution in [3.63, 3.8) is 0 Å². The molecule has 2 nitrogen and oxygen atoms in total. The molecule has 1 heterocycles. The summed E-state index contributed by atoms with van der Waals surface area (Å²) in [5.74, 6) is 0.982. The highest BCUT2D eigenvalue weighted by Gasteiger charge is 2.52. The first-order valence-electron chi connectivity index (χ1n) is 10.7. The van der Waals surface area contributed by atoms with E-state index in [4.69, 9.17) is 4.74 Å². The minimum absolute atomic E-state index is 0.973. The fourth-order valence-corrected chi connectivity index (χ4v) is 9.33. The van der Waals surface area contributed by atoms with E-state index in [9.17, 15) is 0 Å². The lowest BCUT2D eigenvalue weighted by molar-refractivity contribution is 0.418. The molecule has 0 spiro atoms. The van der Waals surface area contributed by atoms with Crippen molar-refractivity contribution in [2.75, 3.05) is 24.7 Å². The first-order chi connectivity index (χ1) is 15.2. The number of nitrogens with zero attached hydrogens (tertiary/aromatic N) is 1. The van der Waals surface area contributed by atoms with Gasteiger partial charge >= 0.3 is 0 Å². The predicted molar refractivity (Wildman–Crippen MR) is 135 cm³/mol. The molecule has 0 amide bonds. The maximum atomic E-state index is 6.02. The second kappa shape index (κ2) is 8.21. The maximum absolute atomic E-state index is 6.02. The largest absolute Gasteiger partial charge is 0.493 e. The van der Waals surface area contributed by atoms with Gasteiger partial charge < -0.3 is 9.64 Å². The minimum atomic E-state index is -1.87. The smallest absolute Gasteiger partial charge is 0.169 e. The molecular formula is C28H27NOP+. The van der Waals surface area contributed by atoms with E-state index in [1.54, 1.807) is 7.11 Å². The first-order valence-corrected chi connectivity index (χ1v) is 12.7. The highest BCUT2D eigenvalue weighted by molar-refractivity contribution is 7.96. The van der Waals surface area contributed by atoms with Gasteiger partial charge in [-0.3, -0.25) is 0 Å². The van der Waals surface area contributed by atoms with Gasteiger partial charge in [-0.1, -0.05) is 60.2 Å². The first kappa shape index (κ1) is 19.8. The lowest BCUT2D eigenvalue weighted by Gasteiger charge is -2.39. The zero-order chi connectivity index (χ0) is 21.3. The molecule has 0 radical (unpaired) electrons. The third-order valence-electron chi connectivity index (χ3n) is 6.27. The Balaban J connectivity index is 1.81. The highest BCUT2D eigenvalue weighted by Crippen LogP contribution is 2.61. The molecule has 0 atom stereocenters. The summed E-state index contributed by atoms with van der Waals surface area (Å²) < 4.78 is 6.02. The Morgan fingerprint density at radius 3 is 1.90 bits per heavy atom. The van der Waals surface area contributed by atoms with Gasteiger partial charge in [0.1, 0.15) is 17.9 Å². The van der Waals surface area contributed by atoms with Gasteiger partial charge in [-0.2, -0.15) is 0 Å². The van der Waals surface area contributed by atoms with Crippen LogP contribution in [0.2, 0.25) is 0 Å². The average molecular weight is 425 g/mol. The average Bonchev–Trinajstić information content (AvgIpc) is 2.84. The van der Waals surface area contributed by atoms with Crippen molar-refractivity contribution in [2.24, 2.45) is 0 Å². The van der Waals surface area contributed by atoms with Gasteiger partial charge in [0.25, 0.3) is 0 Å². The molecule has 4 aromatic carbocycles. The fraction of sp³-hybridized carbons (Fsp3) is 0.143. The number of rotatable bonds is 4. The Hall–Kier alpha value is -3.09. The van der Waals surface area contributed by atoms with Crippen LogP contribution in [0.3, 0.4) is 0 Å². The van der Waals surface area contributed by atoms with Crippen LogP contribution in [0.15, 0.2) is 103 Å². The van der Waals surface area contributed by atoms with E-state index in [1.165, 1.54) is 32.9 Å². The lowest BCUT2D eigenvalue weighted by Crippen LogP contribution is -2.44. The zero-order valence-corrected chi connectivity index (χ0v) is 18.9. The monoisotopic (exact) mass is 424 g/mol. The van der Waals surface area contributed by atoms with Crippen LogP contribution in [-0.4, -0.2) is 19.8 Å². The van der Waals surface area contributed by atoms with Crippen LogP contribution in [0.1, 0.15) is 5.56 Å². The van der Waals surface area contributed by atoms with Gasteiger partial charge in [-0.05, 0) is 55.5 Å². The van der Waals surface area contributed by atoms with Crippen molar-refractivity contribution in [3.05, 3.63) is 109 Å². The Morgan fingerprint density at radius 2 is 1.32 bits per heavy atom. The molecular weight excluding hydrogens is 397 g/mol. The molecule has 0 bridgehead atoms. The summed E-state index contributed by atoms with van der Waals surface area (Å²) in [4.78, 5) is 2.46. The zero-order valence-electron chi connectivity index (χ0n) is 18.0. The molecule has 3 heteroatoms. The minimum Gasteiger partial charge on any atom is -0.493 e. The van der Waals surface area contributed by atoms with Crippen molar-refractivity contribution >= 4 is 34.6 Å². The van der Waals surface area contributed by atoms with Crippen LogP contribution in [0.4, 0.5) is 11.4 Å². The van der Waals surface area contributed by atoms with Gasteiger partial charge in [-0.15, -0.1) is 0 Å². The molecule has 4 aromatic rings. The molecule has 5 rings (SSSR count). The van der Waals surface area contributed by atoms with Gasteiger partial charge in [0.05, 0.1) is 25.5 Å². The molecule has 0 unspecified atom stereocenters. The number of aryl methyl sites for hydroxylation is 1. The van der Waals surface area contributed by atoms with E-state index in [0.29, 0.717) is 0 Å². The van der Waals surface area contributed by atoms with Crippen LogP contribution in [0, 0.1) is 6.92 Å². The normalized spacial score (nSPS) is 14.7.